The topological polar surface area (TPSA) is 85.0 Å². The predicted octanol–water partition coefficient (Wildman–Crippen LogP) is 0.891. The number of nitrogens with zero attached hydrogens (tertiary/aromatic N) is 1. The molecule has 0 saturated carbocycles. The number of hydrogen-bond donors (Lipinski definition) is 2. The first-order chi connectivity index (χ1) is 9.97. The summed E-state index contributed by atoms with van der Waals surface area (Å²) in [5.74, 6) is 0.241. The van der Waals surface area contributed by atoms with Crippen molar-refractivity contribution in [2.75, 3.05) is 39.6 Å². The largest absolute Gasteiger partial charge is 0.495 e. The van der Waals surface area contributed by atoms with Gasteiger partial charge >= 0.3 is 0 Å². The Bertz CT molecular complexity index is 512. The van der Waals surface area contributed by atoms with E-state index in [0.29, 0.717) is 43.1 Å². The van der Waals surface area contributed by atoms with Gasteiger partial charge in [-0.3, -0.25) is 4.79 Å². The number of methoxy groups -OCH3 is 1. The molecule has 1 saturated heterocycles. The van der Waals surface area contributed by atoms with E-state index >= 15 is 0 Å². The number of carbonyl (C=O) groups excluding carboxylic acids is 1. The van der Waals surface area contributed by atoms with Gasteiger partial charge in [0, 0.05) is 39.6 Å². The Balaban J connectivity index is 2.12. The van der Waals surface area contributed by atoms with Crippen LogP contribution in [-0.4, -0.2) is 55.4 Å². The van der Waals surface area contributed by atoms with Crippen LogP contribution >= 0.6 is 0 Å². The third kappa shape index (κ3) is 3.46. The van der Waals surface area contributed by atoms with E-state index in [4.69, 9.17) is 15.2 Å². The molecule has 21 heavy (non-hydrogen) atoms. The molecule has 6 nitrogen and oxygen atoms in total. The first kappa shape index (κ1) is 15.6. The van der Waals surface area contributed by atoms with E-state index in [1.54, 1.807) is 25.2 Å². The molecule has 1 aliphatic heterocycles. The van der Waals surface area contributed by atoms with Gasteiger partial charge in [-0.1, -0.05) is 6.07 Å². The number of aliphatic hydroxyl groups is 1. The molecule has 1 heterocycles. The van der Waals surface area contributed by atoms with Gasteiger partial charge in [0.2, 0.25) is 0 Å². The van der Waals surface area contributed by atoms with Gasteiger partial charge in [0.15, 0.2) is 0 Å². The molecule has 0 radical (unpaired) electrons. The second-order valence-electron chi connectivity index (χ2n) is 5.42. The normalized spacial score (nSPS) is 17.3. The summed E-state index contributed by atoms with van der Waals surface area (Å²) >= 11 is 0. The van der Waals surface area contributed by atoms with Crippen LogP contribution in [0.3, 0.4) is 0 Å². The van der Waals surface area contributed by atoms with Crippen molar-refractivity contribution in [3.63, 3.8) is 0 Å². The minimum atomic E-state index is -0.893. The second kappa shape index (κ2) is 6.32. The quantitative estimate of drug-likeness (QED) is 0.806. The zero-order valence-electron chi connectivity index (χ0n) is 12.5. The number of benzene rings is 1. The van der Waals surface area contributed by atoms with Crippen LogP contribution in [0.5, 0.6) is 5.75 Å². The smallest absolute Gasteiger partial charge is 0.255 e. The van der Waals surface area contributed by atoms with Crippen molar-refractivity contribution < 1.29 is 19.4 Å². The van der Waals surface area contributed by atoms with Gasteiger partial charge in [-0.2, -0.15) is 0 Å². The number of anilines is 1. The summed E-state index contributed by atoms with van der Waals surface area (Å²) in [6.45, 7) is 1.28. The zero-order valence-corrected chi connectivity index (χ0v) is 12.5. The first-order valence-corrected chi connectivity index (χ1v) is 6.95. The third-order valence-corrected chi connectivity index (χ3v) is 3.82. The monoisotopic (exact) mass is 294 g/mol. The summed E-state index contributed by atoms with van der Waals surface area (Å²) in [6, 6.07) is 5.09. The fourth-order valence-electron chi connectivity index (χ4n) is 2.54. The fourth-order valence-corrected chi connectivity index (χ4v) is 2.54. The van der Waals surface area contributed by atoms with Crippen LogP contribution in [0.4, 0.5) is 5.69 Å². The van der Waals surface area contributed by atoms with Crippen molar-refractivity contribution in [2.24, 2.45) is 0 Å². The molecule has 1 fully saturated rings. The second-order valence-corrected chi connectivity index (χ2v) is 5.42. The van der Waals surface area contributed by atoms with Crippen LogP contribution in [-0.2, 0) is 4.74 Å². The fraction of sp³-hybridized carbons (Fsp3) is 0.533. The zero-order chi connectivity index (χ0) is 15.5. The van der Waals surface area contributed by atoms with E-state index in [9.17, 15) is 9.90 Å². The van der Waals surface area contributed by atoms with Crippen molar-refractivity contribution in [3.8, 4) is 5.75 Å². The van der Waals surface area contributed by atoms with Crippen molar-refractivity contribution in [2.45, 2.75) is 18.4 Å². The van der Waals surface area contributed by atoms with E-state index in [2.05, 4.69) is 0 Å². The SMILES string of the molecule is COc1cccc(C(=O)N(C)CC2(O)CCOCC2)c1N. The molecule has 116 valence electrons. The Labute approximate surface area is 124 Å². The van der Waals surface area contributed by atoms with Crippen LogP contribution in [0.1, 0.15) is 23.2 Å². The van der Waals surface area contributed by atoms with E-state index in [1.807, 2.05) is 0 Å². The van der Waals surface area contributed by atoms with E-state index in [0.717, 1.165) is 0 Å². The molecule has 1 aromatic carbocycles. The number of nitrogens with two attached hydrogens (primary N) is 1. The van der Waals surface area contributed by atoms with Crippen molar-refractivity contribution >= 4 is 11.6 Å². The van der Waals surface area contributed by atoms with Gasteiger partial charge in [-0.15, -0.1) is 0 Å². The predicted molar refractivity (Wildman–Crippen MR) is 79.4 cm³/mol. The lowest BCUT2D eigenvalue weighted by Gasteiger charge is -2.35. The molecular formula is C15H22N2O4. The summed E-state index contributed by atoms with van der Waals surface area (Å²) in [5, 5.41) is 10.5. The number of ether oxygens (including phenoxy) is 2. The number of hydrogen-bond acceptors (Lipinski definition) is 5. The summed E-state index contributed by atoms with van der Waals surface area (Å²) in [7, 11) is 3.17. The highest BCUT2D eigenvalue weighted by atomic mass is 16.5. The van der Waals surface area contributed by atoms with Gasteiger partial charge < -0.3 is 25.2 Å². The number of carbonyl (C=O) groups is 1. The minimum absolute atomic E-state index is 0.230. The average molecular weight is 294 g/mol. The number of amides is 1. The Kier molecular flexibility index (Phi) is 4.69. The Hall–Kier alpha value is -1.79. The van der Waals surface area contributed by atoms with Gasteiger partial charge in [0.1, 0.15) is 5.75 Å². The lowest BCUT2D eigenvalue weighted by Crippen LogP contribution is -2.47. The molecule has 0 aromatic heterocycles. The van der Waals surface area contributed by atoms with E-state index < -0.39 is 5.60 Å². The Morgan fingerprint density at radius 3 is 2.76 bits per heavy atom. The minimum Gasteiger partial charge on any atom is -0.495 e. The maximum absolute atomic E-state index is 12.5. The Morgan fingerprint density at radius 2 is 2.14 bits per heavy atom. The van der Waals surface area contributed by atoms with Crippen LogP contribution in [0.15, 0.2) is 18.2 Å². The van der Waals surface area contributed by atoms with E-state index in [-0.39, 0.29) is 12.5 Å². The number of para-hydroxylation sites is 1. The summed E-state index contributed by atoms with van der Waals surface area (Å²) < 4.78 is 10.4. The molecule has 6 heteroatoms. The molecule has 0 bridgehead atoms. The molecular weight excluding hydrogens is 272 g/mol. The summed E-state index contributed by atoms with van der Waals surface area (Å²) in [6.07, 6.45) is 1.05. The van der Waals surface area contributed by atoms with Gasteiger partial charge in [0.25, 0.3) is 5.91 Å². The van der Waals surface area contributed by atoms with Crippen LogP contribution in [0, 0.1) is 0 Å². The highest BCUT2D eigenvalue weighted by Gasteiger charge is 2.33. The molecule has 3 N–H and O–H groups in total. The summed E-state index contributed by atoms with van der Waals surface area (Å²) in [4.78, 5) is 14.0. The van der Waals surface area contributed by atoms with Crippen molar-refractivity contribution in [3.05, 3.63) is 23.8 Å². The maximum Gasteiger partial charge on any atom is 0.255 e. The van der Waals surface area contributed by atoms with Crippen molar-refractivity contribution in [1.82, 2.24) is 4.90 Å². The average Bonchev–Trinajstić information content (AvgIpc) is 2.47. The number of nitrogen functional groups attached to an aromatic ring is 1. The molecule has 1 aromatic rings. The lowest BCUT2D eigenvalue weighted by atomic mass is 9.93. The highest BCUT2D eigenvalue weighted by Crippen LogP contribution is 2.27. The molecule has 0 unspecified atom stereocenters. The highest BCUT2D eigenvalue weighted by molar-refractivity contribution is 6.00. The molecule has 1 aliphatic rings. The molecule has 2 rings (SSSR count). The lowest BCUT2D eigenvalue weighted by molar-refractivity contribution is -0.0734. The van der Waals surface area contributed by atoms with Crippen LogP contribution in [0.25, 0.3) is 0 Å². The van der Waals surface area contributed by atoms with Gasteiger partial charge in [-0.05, 0) is 12.1 Å². The number of rotatable bonds is 4. The molecule has 1 amide bonds. The molecule has 0 aliphatic carbocycles. The standard InChI is InChI=1S/C15H22N2O4/c1-17(10-15(19)6-8-21-9-7-15)14(18)11-4-3-5-12(20-2)13(11)16/h3-5,19H,6-10,16H2,1-2H3. The Morgan fingerprint density at radius 1 is 1.48 bits per heavy atom. The number of likely N-dealkylation sites (N-methyl/N-ethyl adjacent to an activating group) is 1. The van der Waals surface area contributed by atoms with E-state index in [1.165, 1.54) is 12.0 Å². The maximum atomic E-state index is 12.5. The molecule has 0 atom stereocenters. The van der Waals surface area contributed by atoms with Gasteiger partial charge in [-0.25, -0.2) is 0 Å². The van der Waals surface area contributed by atoms with Crippen molar-refractivity contribution in [1.29, 1.82) is 0 Å². The van der Waals surface area contributed by atoms with Crippen LogP contribution in [0.2, 0.25) is 0 Å². The van der Waals surface area contributed by atoms with Gasteiger partial charge in [0.05, 0.1) is 24.0 Å². The summed E-state index contributed by atoms with van der Waals surface area (Å²) in [5.41, 5.74) is 5.75. The first-order valence-electron chi connectivity index (χ1n) is 6.95. The third-order valence-electron chi connectivity index (χ3n) is 3.82. The molecule has 0 spiro atoms. The van der Waals surface area contributed by atoms with Crippen LogP contribution < -0.4 is 10.5 Å².